The molecule has 0 saturated carbocycles. The van der Waals surface area contributed by atoms with Gasteiger partial charge in [-0.2, -0.15) is 0 Å². The summed E-state index contributed by atoms with van der Waals surface area (Å²) in [5, 5.41) is 20.2. The number of halogens is 1. The second kappa shape index (κ2) is 6.58. The van der Waals surface area contributed by atoms with Crippen LogP contribution in [0.2, 0.25) is 0 Å². The molecule has 2 atom stereocenters. The Balaban J connectivity index is 3.92. The molecule has 82 valence electrons. The van der Waals surface area contributed by atoms with E-state index in [1.807, 2.05) is 0 Å². The summed E-state index contributed by atoms with van der Waals surface area (Å²) in [4.78, 5) is 21.4. The molecule has 0 aromatic carbocycles. The molecule has 6 nitrogen and oxygen atoms in total. The number of alkyl halides is 1. The average molecular weight is 225 g/mol. The van der Waals surface area contributed by atoms with E-state index in [1.54, 1.807) is 0 Å². The molecule has 0 rings (SSSR count). The van der Waals surface area contributed by atoms with Gasteiger partial charge in [0.2, 0.25) is 5.91 Å². The maximum atomic E-state index is 11.0. The number of primary amides is 1. The van der Waals surface area contributed by atoms with Gasteiger partial charge in [-0.3, -0.25) is 9.59 Å². The van der Waals surface area contributed by atoms with Crippen molar-refractivity contribution in [2.24, 2.45) is 5.73 Å². The van der Waals surface area contributed by atoms with Gasteiger partial charge >= 0.3 is 0 Å². The van der Waals surface area contributed by atoms with Crippen molar-refractivity contribution in [3.63, 3.8) is 0 Å². The number of carbonyl (C=O) groups is 2. The highest BCUT2D eigenvalue weighted by Crippen LogP contribution is 1.93. The Morgan fingerprint density at radius 1 is 1.36 bits per heavy atom. The number of rotatable bonds is 6. The number of aliphatic hydroxyl groups excluding tert-OH is 2. The molecule has 0 aromatic heterocycles. The maximum absolute atomic E-state index is 11.0. The van der Waals surface area contributed by atoms with Crippen LogP contribution in [0.3, 0.4) is 0 Å². The van der Waals surface area contributed by atoms with Crippen molar-refractivity contribution in [3.05, 3.63) is 0 Å². The lowest BCUT2D eigenvalue weighted by molar-refractivity contribution is -0.144. The summed E-state index contributed by atoms with van der Waals surface area (Å²) < 4.78 is 0. The third kappa shape index (κ3) is 4.40. The number of hydrogen-bond donors (Lipinski definition) is 4. The number of aliphatic hydroxyl groups is 2. The smallest absolute Gasteiger partial charge is 0.252 e. The first-order valence-corrected chi connectivity index (χ1v) is 4.53. The fraction of sp³-hybridized carbons (Fsp3) is 0.714. The molecule has 0 aliphatic heterocycles. The molecule has 0 spiro atoms. The van der Waals surface area contributed by atoms with Crippen LogP contribution in [0.15, 0.2) is 0 Å². The zero-order valence-corrected chi connectivity index (χ0v) is 8.20. The summed E-state index contributed by atoms with van der Waals surface area (Å²) in [6.07, 6.45) is -3.18. The molecule has 7 heteroatoms. The normalized spacial score (nSPS) is 14.5. The van der Waals surface area contributed by atoms with Crippen LogP contribution >= 0.6 is 11.6 Å². The summed E-state index contributed by atoms with van der Waals surface area (Å²) in [7, 11) is 0. The van der Waals surface area contributed by atoms with Gasteiger partial charge in [0, 0.05) is 12.4 Å². The van der Waals surface area contributed by atoms with Gasteiger partial charge in [0.15, 0.2) is 12.2 Å². The molecular formula is C7H13ClN2O4. The molecule has 0 radical (unpaired) electrons. The lowest BCUT2D eigenvalue weighted by atomic mass is 10.2. The predicted octanol–water partition coefficient (Wildman–Crippen LogP) is -2.06. The van der Waals surface area contributed by atoms with Gasteiger partial charge in [-0.1, -0.05) is 0 Å². The highest BCUT2D eigenvalue weighted by molar-refractivity contribution is 6.17. The first kappa shape index (κ1) is 13.2. The van der Waals surface area contributed by atoms with E-state index in [0.29, 0.717) is 12.3 Å². The van der Waals surface area contributed by atoms with Gasteiger partial charge in [0.1, 0.15) is 0 Å². The number of nitrogens with one attached hydrogen (secondary N) is 1. The third-order valence-electron chi connectivity index (χ3n) is 1.47. The molecule has 0 heterocycles. The summed E-state index contributed by atoms with van der Waals surface area (Å²) in [5.41, 5.74) is 4.68. The molecule has 0 aliphatic carbocycles. The van der Waals surface area contributed by atoms with E-state index in [-0.39, 0.29) is 6.54 Å². The van der Waals surface area contributed by atoms with Crippen molar-refractivity contribution in [2.75, 3.05) is 12.4 Å². The summed E-state index contributed by atoms with van der Waals surface area (Å²) in [6, 6.07) is 0. The summed E-state index contributed by atoms with van der Waals surface area (Å²) in [6.45, 7) is 0.269. The van der Waals surface area contributed by atoms with Gasteiger partial charge in [0.05, 0.1) is 0 Å². The minimum absolute atomic E-state index is 0.269. The molecular weight excluding hydrogens is 212 g/mol. The van der Waals surface area contributed by atoms with Gasteiger partial charge in [-0.15, -0.1) is 11.6 Å². The van der Waals surface area contributed by atoms with Crippen LogP contribution in [0.1, 0.15) is 6.42 Å². The molecule has 0 bridgehead atoms. The monoisotopic (exact) mass is 224 g/mol. The lowest BCUT2D eigenvalue weighted by Crippen LogP contribution is -2.48. The van der Waals surface area contributed by atoms with E-state index in [0.717, 1.165) is 0 Å². The van der Waals surface area contributed by atoms with Crippen molar-refractivity contribution in [1.29, 1.82) is 0 Å². The minimum Gasteiger partial charge on any atom is -0.380 e. The molecule has 2 unspecified atom stereocenters. The molecule has 14 heavy (non-hydrogen) atoms. The number of carbonyl (C=O) groups excluding carboxylic acids is 2. The molecule has 5 N–H and O–H groups in total. The predicted molar refractivity (Wildman–Crippen MR) is 49.6 cm³/mol. The topological polar surface area (TPSA) is 113 Å². The zero-order chi connectivity index (χ0) is 11.1. The molecule has 0 aromatic rings. The Bertz CT molecular complexity index is 212. The Hall–Kier alpha value is -0.850. The number of nitrogens with two attached hydrogens (primary N) is 1. The van der Waals surface area contributed by atoms with Gasteiger partial charge in [-0.05, 0) is 6.42 Å². The SMILES string of the molecule is NC(=O)C(O)C(O)C(=O)NCCCCl. The molecule has 0 aliphatic rings. The van der Waals surface area contributed by atoms with Crippen LogP contribution in [0.25, 0.3) is 0 Å². The van der Waals surface area contributed by atoms with Gasteiger partial charge in [0.25, 0.3) is 5.91 Å². The second-order valence-corrected chi connectivity index (χ2v) is 3.00. The lowest BCUT2D eigenvalue weighted by Gasteiger charge is -2.14. The third-order valence-corrected chi connectivity index (χ3v) is 1.74. The Labute approximate surface area is 86.0 Å². The summed E-state index contributed by atoms with van der Waals surface area (Å²) >= 11 is 5.34. The van der Waals surface area contributed by atoms with Crippen LogP contribution in [0.4, 0.5) is 0 Å². The zero-order valence-electron chi connectivity index (χ0n) is 7.44. The van der Waals surface area contributed by atoms with E-state index in [9.17, 15) is 9.59 Å². The van der Waals surface area contributed by atoms with Crippen LogP contribution in [-0.4, -0.2) is 46.7 Å². The molecule has 0 fully saturated rings. The van der Waals surface area contributed by atoms with Crippen molar-refractivity contribution in [2.45, 2.75) is 18.6 Å². The Kier molecular flexibility index (Phi) is 6.18. The van der Waals surface area contributed by atoms with Crippen LogP contribution in [0.5, 0.6) is 0 Å². The quantitative estimate of drug-likeness (QED) is 0.307. The minimum atomic E-state index is -1.88. The maximum Gasteiger partial charge on any atom is 0.252 e. The van der Waals surface area contributed by atoms with Crippen molar-refractivity contribution in [1.82, 2.24) is 5.32 Å². The van der Waals surface area contributed by atoms with Crippen molar-refractivity contribution < 1.29 is 19.8 Å². The molecule has 2 amide bonds. The van der Waals surface area contributed by atoms with E-state index in [4.69, 9.17) is 21.8 Å². The first-order chi connectivity index (χ1) is 6.50. The van der Waals surface area contributed by atoms with E-state index in [1.165, 1.54) is 0 Å². The van der Waals surface area contributed by atoms with E-state index in [2.05, 4.69) is 11.1 Å². The largest absolute Gasteiger partial charge is 0.380 e. The van der Waals surface area contributed by atoms with Gasteiger partial charge in [-0.25, -0.2) is 0 Å². The van der Waals surface area contributed by atoms with Crippen LogP contribution in [-0.2, 0) is 9.59 Å². The Morgan fingerprint density at radius 2 is 1.93 bits per heavy atom. The highest BCUT2D eigenvalue weighted by Gasteiger charge is 2.27. The van der Waals surface area contributed by atoms with E-state index >= 15 is 0 Å². The Morgan fingerprint density at radius 3 is 2.36 bits per heavy atom. The summed E-state index contributed by atoms with van der Waals surface area (Å²) in [5.74, 6) is -1.62. The number of hydrogen-bond acceptors (Lipinski definition) is 4. The standard InChI is InChI=1S/C7H13ClN2O4/c8-2-1-3-10-7(14)5(12)4(11)6(9)13/h4-5,11-12H,1-3H2,(H2,9,13)(H,10,14). The highest BCUT2D eigenvalue weighted by atomic mass is 35.5. The first-order valence-electron chi connectivity index (χ1n) is 3.99. The van der Waals surface area contributed by atoms with Crippen molar-refractivity contribution in [3.8, 4) is 0 Å². The number of amides is 2. The molecule has 0 saturated heterocycles. The van der Waals surface area contributed by atoms with Gasteiger partial charge < -0.3 is 21.3 Å². The van der Waals surface area contributed by atoms with Crippen molar-refractivity contribution >= 4 is 23.4 Å². The second-order valence-electron chi connectivity index (χ2n) is 2.63. The fourth-order valence-electron chi connectivity index (χ4n) is 0.682. The van der Waals surface area contributed by atoms with Crippen LogP contribution < -0.4 is 11.1 Å². The van der Waals surface area contributed by atoms with Crippen LogP contribution in [0, 0.1) is 0 Å². The average Bonchev–Trinajstić information content (AvgIpc) is 2.15. The van der Waals surface area contributed by atoms with E-state index < -0.39 is 24.0 Å². The fourth-order valence-corrected chi connectivity index (χ4v) is 0.816.